The standard InChI is InChI=1S/C20H17ClN4O3/c1-25-16(8-9-22-25)14-6-5-13(21)11-15(14)20-24-23-19(28-20)12-4-7-17(26-2)18(10-12)27-3/h4-11H,1-3H3. The van der Waals surface area contributed by atoms with Crippen molar-refractivity contribution in [2.24, 2.45) is 7.05 Å². The number of aromatic nitrogens is 4. The van der Waals surface area contributed by atoms with Crippen LogP contribution < -0.4 is 9.47 Å². The Morgan fingerprint density at radius 2 is 1.68 bits per heavy atom. The van der Waals surface area contributed by atoms with Crippen molar-refractivity contribution in [1.82, 2.24) is 20.0 Å². The summed E-state index contributed by atoms with van der Waals surface area (Å²) in [5.41, 5.74) is 3.26. The average Bonchev–Trinajstić information content (AvgIpc) is 3.36. The number of hydrogen-bond acceptors (Lipinski definition) is 6. The fraction of sp³-hybridized carbons (Fsp3) is 0.150. The second-order valence-electron chi connectivity index (χ2n) is 6.01. The van der Waals surface area contributed by atoms with E-state index in [4.69, 9.17) is 25.5 Å². The van der Waals surface area contributed by atoms with Crippen LogP contribution in [0.3, 0.4) is 0 Å². The Hall–Kier alpha value is -3.32. The van der Waals surface area contributed by atoms with Crippen molar-refractivity contribution in [1.29, 1.82) is 0 Å². The van der Waals surface area contributed by atoms with E-state index in [0.29, 0.717) is 28.3 Å². The number of benzene rings is 2. The topological polar surface area (TPSA) is 75.2 Å². The van der Waals surface area contributed by atoms with Crippen molar-refractivity contribution in [2.75, 3.05) is 14.2 Å². The number of halogens is 1. The highest BCUT2D eigenvalue weighted by molar-refractivity contribution is 6.31. The molecular formula is C20H17ClN4O3. The van der Waals surface area contributed by atoms with E-state index in [9.17, 15) is 0 Å². The minimum absolute atomic E-state index is 0.364. The fourth-order valence-electron chi connectivity index (χ4n) is 2.97. The molecule has 28 heavy (non-hydrogen) atoms. The normalized spacial score (nSPS) is 10.9. The van der Waals surface area contributed by atoms with Crippen LogP contribution in [0.25, 0.3) is 34.2 Å². The van der Waals surface area contributed by atoms with Crippen molar-refractivity contribution in [3.63, 3.8) is 0 Å². The molecule has 0 radical (unpaired) electrons. The third-order valence-corrected chi connectivity index (χ3v) is 4.60. The molecule has 4 aromatic rings. The van der Waals surface area contributed by atoms with Crippen LogP contribution in [0.1, 0.15) is 0 Å². The minimum atomic E-state index is 0.364. The monoisotopic (exact) mass is 396 g/mol. The van der Waals surface area contributed by atoms with E-state index in [-0.39, 0.29) is 0 Å². The van der Waals surface area contributed by atoms with Crippen LogP contribution in [0.2, 0.25) is 5.02 Å². The van der Waals surface area contributed by atoms with Crippen molar-refractivity contribution in [3.8, 4) is 45.7 Å². The van der Waals surface area contributed by atoms with Crippen molar-refractivity contribution >= 4 is 11.6 Å². The van der Waals surface area contributed by atoms with Gasteiger partial charge in [0.2, 0.25) is 11.8 Å². The largest absolute Gasteiger partial charge is 0.493 e. The highest BCUT2D eigenvalue weighted by Crippen LogP contribution is 2.36. The number of methoxy groups -OCH3 is 2. The summed E-state index contributed by atoms with van der Waals surface area (Å²) < 4.78 is 18.3. The van der Waals surface area contributed by atoms with Crippen LogP contribution in [0.4, 0.5) is 0 Å². The second kappa shape index (κ2) is 7.36. The Morgan fingerprint density at radius 3 is 2.39 bits per heavy atom. The molecule has 0 saturated heterocycles. The lowest BCUT2D eigenvalue weighted by molar-refractivity contribution is 0.355. The third-order valence-electron chi connectivity index (χ3n) is 4.36. The molecule has 142 valence electrons. The molecule has 0 spiro atoms. The van der Waals surface area contributed by atoms with Gasteiger partial charge in [0.15, 0.2) is 11.5 Å². The SMILES string of the molecule is COc1ccc(-c2nnc(-c3cc(Cl)ccc3-c3ccnn3C)o2)cc1OC. The Labute approximate surface area is 166 Å². The maximum Gasteiger partial charge on any atom is 0.248 e. The molecule has 0 unspecified atom stereocenters. The van der Waals surface area contributed by atoms with Gasteiger partial charge in [0, 0.05) is 35.0 Å². The Kier molecular flexibility index (Phi) is 4.75. The molecule has 4 rings (SSSR count). The highest BCUT2D eigenvalue weighted by atomic mass is 35.5. The molecule has 0 fully saturated rings. The number of rotatable bonds is 5. The number of nitrogens with zero attached hydrogens (tertiary/aromatic N) is 4. The van der Waals surface area contributed by atoms with E-state index in [1.54, 1.807) is 43.3 Å². The first-order valence-corrected chi connectivity index (χ1v) is 8.82. The molecule has 7 nitrogen and oxygen atoms in total. The molecule has 0 N–H and O–H groups in total. The number of aryl methyl sites for hydroxylation is 1. The molecule has 2 aromatic carbocycles. The van der Waals surface area contributed by atoms with E-state index in [2.05, 4.69) is 15.3 Å². The summed E-state index contributed by atoms with van der Waals surface area (Å²) in [6.07, 6.45) is 1.73. The van der Waals surface area contributed by atoms with Gasteiger partial charge < -0.3 is 13.9 Å². The van der Waals surface area contributed by atoms with Gasteiger partial charge in [0.25, 0.3) is 0 Å². The Bertz CT molecular complexity index is 1140. The lowest BCUT2D eigenvalue weighted by atomic mass is 10.0. The summed E-state index contributed by atoms with van der Waals surface area (Å²) in [4.78, 5) is 0. The summed E-state index contributed by atoms with van der Waals surface area (Å²) in [7, 11) is 5.03. The summed E-state index contributed by atoms with van der Waals surface area (Å²) in [6, 6.07) is 12.9. The fourth-order valence-corrected chi connectivity index (χ4v) is 3.14. The lowest BCUT2D eigenvalue weighted by Gasteiger charge is -2.08. The van der Waals surface area contributed by atoms with Gasteiger partial charge in [-0.15, -0.1) is 10.2 Å². The van der Waals surface area contributed by atoms with Crippen LogP contribution in [-0.2, 0) is 7.05 Å². The second-order valence-corrected chi connectivity index (χ2v) is 6.45. The minimum Gasteiger partial charge on any atom is -0.493 e. The highest BCUT2D eigenvalue weighted by Gasteiger charge is 2.18. The summed E-state index contributed by atoms with van der Waals surface area (Å²) in [5.74, 6) is 1.94. The van der Waals surface area contributed by atoms with Gasteiger partial charge in [0.05, 0.1) is 19.9 Å². The summed E-state index contributed by atoms with van der Waals surface area (Å²) in [6.45, 7) is 0. The zero-order valence-electron chi connectivity index (χ0n) is 15.5. The van der Waals surface area contributed by atoms with Crippen molar-refractivity contribution in [2.45, 2.75) is 0 Å². The van der Waals surface area contributed by atoms with Gasteiger partial charge in [-0.3, -0.25) is 4.68 Å². The smallest absolute Gasteiger partial charge is 0.248 e. The Balaban J connectivity index is 1.79. The zero-order valence-corrected chi connectivity index (χ0v) is 16.3. The molecule has 2 aromatic heterocycles. The van der Waals surface area contributed by atoms with Gasteiger partial charge in [-0.05, 0) is 36.4 Å². The molecule has 0 atom stereocenters. The molecule has 8 heteroatoms. The molecule has 0 amide bonds. The van der Waals surface area contributed by atoms with Crippen LogP contribution >= 0.6 is 11.6 Å². The first-order chi connectivity index (χ1) is 13.6. The molecule has 0 saturated carbocycles. The molecule has 0 aliphatic heterocycles. The molecule has 0 bridgehead atoms. The molecular weight excluding hydrogens is 380 g/mol. The number of hydrogen-bond donors (Lipinski definition) is 0. The number of ether oxygens (including phenoxy) is 2. The third kappa shape index (κ3) is 3.20. The average molecular weight is 397 g/mol. The van der Waals surface area contributed by atoms with E-state index in [0.717, 1.165) is 22.4 Å². The van der Waals surface area contributed by atoms with Gasteiger partial charge >= 0.3 is 0 Å². The van der Waals surface area contributed by atoms with Crippen LogP contribution in [0.5, 0.6) is 11.5 Å². The first-order valence-electron chi connectivity index (χ1n) is 8.45. The summed E-state index contributed by atoms with van der Waals surface area (Å²) in [5, 5.41) is 13.2. The maximum atomic E-state index is 6.22. The van der Waals surface area contributed by atoms with E-state index in [1.165, 1.54) is 0 Å². The van der Waals surface area contributed by atoms with Crippen LogP contribution in [-0.4, -0.2) is 34.2 Å². The molecule has 2 heterocycles. The van der Waals surface area contributed by atoms with Crippen molar-refractivity contribution in [3.05, 3.63) is 53.7 Å². The van der Waals surface area contributed by atoms with Gasteiger partial charge in [-0.25, -0.2) is 0 Å². The van der Waals surface area contributed by atoms with Gasteiger partial charge in [-0.2, -0.15) is 5.10 Å². The predicted molar refractivity (Wildman–Crippen MR) is 105 cm³/mol. The maximum absolute atomic E-state index is 6.22. The van der Waals surface area contributed by atoms with E-state index < -0.39 is 0 Å². The van der Waals surface area contributed by atoms with Crippen LogP contribution in [0, 0.1) is 0 Å². The predicted octanol–water partition coefficient (Wildman–Crippen LogP) is 4.47. The molecule has 0 aliphatic carbocycles. The Morgan fingerprint density at radius 1 is 0.893 bits per heavy atom. The van der Waals surface area contributed by atoms with E-state index >= 15 is 0 Å². The first kappa shape index (κ1) is 18.1. The van der Waals surface area contributed by atoms with E-state index in [1.807, 2.05) is 31.3 Å². The quantitative estimate of drug-likeness (QED) is 0.495. The van der Waals surface area contributed by atoms with Gasteiger partial charge in [-0.1, -0.05) is 17.7 Å². The van der Waals surface area contributed by atoms with Gasteiger partial charge in [0.1, 0.15) is 0 Å². The van der Waals surface area contributed by atoms with Crippen LogP contribution in [0.15, 0.2) is 53.1 Å². The lowest BCUT2D eigenvalue weighted by Crippen LogP contribution is -1.95. The van der Waals surface area contributed by atoms with Crippen molar-refractivity contribution < 1.29 is 13.9 Å². The summed E-state index contributed by atoms with van der Waals surface area (Å²) >= 11 is 6.22. The zero-order chi connectivity index (χ0) is 19.7. The molecule has 0 aliphatic rings.